The smallest absolute Gasteiger partial charge is 0.390 e. The standard InChI is InChI=1S/C9H15N2O14P3/c12-5-3-8(11-2-1-7(13)10-9(11)14)23-6(5)4-22-27(18,19)25-28(20,21)24-26(15,16)17/h1-2,5-6,8,12H,3-4H2,(H,18,19)(H,20,21)(H,10,13,14)(H2,15,16,17). The molecule has 1 fully saturated rings. The number of aromatic amines is 1. The number of aliphatic hydroxyl groups is 1. The van der Waals surface area contributed by atoms with E-state index < -0.39 is 59.8 Å². The molecule has 2 heterocycles. The number of aromatic nitrogens is 2. The number of phosphoric acid groups is 3. The zero-order valence-corrected chi connectivity index (χ0v) is 16.2. The number of nitrogens with zero attached hydrogens (tertiary/aromatic N) is 1. The highest BCUT2D eigenvalue weighted by molar-refractivity contribution is 7.66. The van der Waals surface area contributed by atoms with E-state index in [0.29, 0.717) is 0 Å². The van der Waals surface area contributed by atoms with Gasteiger partial charge in [0, 0.05) is 18.7 Å². The molecule has 0 saturated carbocycles. The topological polar surface area (TPSA) is 244 Å². The summed E-state index contributed by atoms with van der Waals surface area (Å²) in [6, 6.07) is 1.02. The molecule has 5 atom stereocenters. The summed E-state index contributed by atoms with van der Waals surface area (Å²) in [5.74, 6) is 0. The molecule has 28 heavy (non-hydrogen) atoms. The lowest BCUT2D eigenvalue weighted by Gasteiger charge is -2.19. The highest BCUT2D eigenvalue weighted by Gasteiger charge is 2.42. The van der Waals surface area contributed by atoms with Crippen molar-refractivity contribution in [3.8, 4) is 0 Å². The molecule has 2 rings (SSSR count). The molecule has 5 unspecified atom stereocenters. The molecule has 0 aromatic carbocycles. The number of nitrogens with one attached hydrogen (secondary N) is 1. The maximum Gasteiger partial charge on any atom is 0.490 e. The summed E-state index contributed by atoms with van der Waals surface area (Å²) in [5.41, 5.74) is -1.50. The molecule has 0 spiro atoms. The van der Waals surface area contributed by atoms with Crippen molar-refractivity contribution in [2.45, 2.75) is 24.9 Å². The van der Waals surface area contributed by atoms with Crippen LogP contribution in [0.2, 0.25) is 0 Å². The largest absolute Gasteiger partial charge is 0.490 e. The van der Waals surface area contributed by atoms with E-state index in [1.165, 1.54) is 0 Å². The van der Waals surface area contributed by atoms with E-state index in [9.17, 15) is 33.3 Å². The Bertz CT molecular complexity index is 965. The van der Waals surface area contributed by atoms with Gasteiger partial charge in [-0.2, -0.15) is 8.62 Å². The summed E-state index contributed by atoms with van der Waals surface area (Å²) in [7, 11) is -16.6. The summed E-state index contributed by atoms with van der Waals surface area (Å²) in [6.07, 6.45) is -2.74. The van der Waals surface area contributed by atoms with Gasteiger partial charge in [0.25, 0.3) is 5.56 Å². The van der Waals surface area contributed by atoms with Crippen LogP contribution in [0, 0.1) is 0 Å². The van der Waals surface area contributed by atoms with Gasteiger partial charge in [0.2, 0.25) is 0 Å². The first-order valence-corrected chi connectivity index (χ1v) is 11.6. The van der Waals surface area contributed by atoms with Gasteiger partial charge in [-0.3, -0.25) is 18.9 Å². The van der Waals surface area contributed by atoms with Crippen LogP contribution < -0.4 is 11.2 Å². The molecule has 6 N–H and O–H groups in total. The lowest BCUT2D eigenvalue weighted by molar-refractivity contribution is -0.0450. The minimum absolute atomic E-state index is 0.170. The fraction of sp³-hybridized carbons (Fsp3) is 0.556. The SMILES string of the molecule is O=c1ccn(C2CC(O)C(COP(=O)(O)OP(=O)(O)OP(=O)(O)O)O2)c(=O)[nH]1. The van der Waals surface area contributed by atoms with Crippen molar-refractivity contribution in [3.63, 3.8) is 0 Å². The van der Waals surface area contributed by atoms with E-state index >= 15 is 0 Å². The van der Waals surface area contributed by atoms with Crippen LogP contribution in [0.1, 0.15) is 12.6 Å². The fourth-order valence-electron chi connectivity index (χ4n) is 2.16. The van der Waals surface area contributed by atoms with Crippen LogP contribution in [-0.4, -0.2) is 53.0 Å². The molecular weight excluding hydrogens is 453 g/mol. The van der Waals surface area contributed by atoms with Gasteiger partial charge in [0.05, 0.1) is 12.7 Å². The third-order valence-corrected chi connectivity index (χ3v) is 6.99. The summed E-state index contributed by atoms with van der Waals surface area (Å²) in [4.78, 5) is 60.0. The second-order valence-electron chi connectivity index (χ2n) is 5.34. The van der Waals surface area contributed by atoms with Crippen LogP contribution in [0.3, 0.4) is 0 Å². The number of ether oxygens (including phenoxy) is 1. The van der Waals surface area contributed by atoms with Gasteiger partial charge in [0.15, 0.2) is 0 Å². The molecule has 0 bridgehead atoms. The molecule has 0 radical (unpaired) electrons. The van der Waals surface area contributed by atoms with Crippen LogP contribution >= 0.6 is 23.5 Å². The number of rotatable bonds is 8. The Labute approximate surface area is 154 Å². The Hall–Kier alpha value is -0.990. The second kappa shape index (κ2) is 8.40. The fourth-order valence-corrected chi connectivity index (χ4v) is 5.19. The molecule has 1 aromatic rings. The monoisotopic (exact) mass is 468 g/mol. The van der Waals surface area contributed by atoms with Crippen molar-refractivity contribution < 1.29 is 56.3 Å². The second-order valence-corrected chi connectivity index (χ2v) is 9.76. The van der Waals surface area contributed by atoms with Crippen LogP contribution in [-0.2, 0) is 31.6 Å². The molecule has 1 aliphatic rings. The Balaban J connectivity index is 1.99. The zero-order valence-electron chi connectivity index (χ0n) is 13.5. The summed E-state index contributed by atoms with van der Waals surface area (Å²) >= 11 is 0. The zero-order chi connectivity index (χ0) is 21.3. The normalized spacial score (nSPS) is 27.2. The summed E-state index contributed by atoms with van der Waals surface area (Å²) in [6.45, 7) is -0.876. The molecule has 16 nitrogen and oxygen atoms in total. The van der Waals surface area contributed by atoms with Gasteiger partial charge in [0.1, 0.15) is 12.3 Å². The van der Waals surface area contributed by atoms with Gasteiger partial charge in [-0.05, 0) is 0 Å². The van der Waals surface area contributed by atoms with Crippen molar-refractivity contribution in [1.82, 2.24) is 9.55 Å². The average molecular weight is 468 g/mol. The lowest BCUT2D eigenvalue weighted by Crippen LogP contribution is -2.31. The highest BCUT2D eigenvalue weighted by Crippen LogP contribution is 2.66. The number of hydrogen-bond acceptors (Lipinski definition) is 10. The summed E-state index contributed by atoms with van der Waals surface area (Å²) < 4.78 is 51.0. The number of aliphatic hydroxyl groups excluding tert-OH is 1. The van der Waals surface area contributed by atoms with Crippen LogP contribution in [0.15, 0.2) is 21.9 Å². The van der Waals surface area contributed by atoms with Crippen molar-refractivity contribution >= 4 is 23.5 Å². The average Bonchev–Trinajstić information content (AvgIpc) is 2.82. The van der Waals surface area contributed by atoms with E-state index in [2.05, 4.69) is 13.1 Å². The third kappa shape index (κ3) is 6.81. The highest BCUT2D eigenvalue weighted by atomic mass is 31.3. The molecule has 19 heteroatoms. The molecule has 0 aliphatic carbocycles. The van der Waals surface area contributed by atoms with Gasteiger partial charge in [-0.25, -0.2) is 18.5 Å². The van der Waals surface area contributed by atoms with E-state index in [-0.39, 0.29) is 6.42 Å². The first-order chi connectivity index (χ1) is 12.7. The Morgan fingerprint density at radius 3 is 2.36 bits per heavy atom. The number of H-pyrrole nitrogens is 1. The summed E-state index contributed by atoms with van der Waals surface area (Å²) in [5, 5.41) is 9.91. The minimum atomic E-state index is -5.67. The molecule has 1 aliphatic heterocycles. The maximum absolute atomic E-state index is 11.7. The van der Waals surface area contributed by atoms with Crippen molar-refractivity contribution in [2.24, 2.45) is 0 Å². The van der Waals surface area contributed by atoms with E-state index in [4.69, 9.17) is 19.4 Å². The minimum Gasteiger partial charge on any atom is -0.390 e. The van der Waals surface area contributed by atoms with Crippen molar-refractivity contribution in [3.05, 3.63) is 33.1 Å². The molecule has 160 valence electrons. The van der Waals surface area contributed by atoms with Gasteiger partial charge in [-0.15, -0.1) is 0 Å². The van der Waals surface area contributed by atoms with Crippen LogP contribution in [0.5, 0.6) is 0 Å². The van der Waals surface area contributed by atoms with E-state index in [0.717, 1.165) is 16.8 Å². The number of phosphoric ester groups is 1. The van der Waals surface area contributed by atoms with Gasteiger partial charge < -0.3 is 29.4 Å². The quantitative estimate of drug-likeness (QED) is 0.239. The molecular formula is C9H15N2O14P3. The number of hydrogen-bond donors (Lipinski definition) is 6. The van der Waals surface area contributed by atoms with Gasteiger partial charge in [-0.1, -0.05) is 0 Å². The first-order valence-electron chi connectivity index (χ1n) is 7.11. The third-order valence-electron chi connectivity index (χ3n) is 3.18. The van der Waals surface area contributed by atoms with Crippen LogP contribution in [0.25, 0.3) is 0 Å². The lowest BCUT2D eigenvalue weighted by atomic mass is 10.2. The predicted molar refractivity (Wildman–Crippen MR) is 85.7 cm³/mol. The molecule has 1 saturated heterocycles. The molecule has 0 amide bonds. The Kier molecular flexibility index (Phi) is 6.99. The van der Waals surface area contributed by atoms with E-state index in [1.54, 1.807) is 0 Å². The van der Waals surface area contributed by atoms with Crippen molar-refractivity contribution in [2.75, 3.05) is 6.61 Å². The maximum atomic E-state index is 11.7. The predicted octanol–water partition coefficient (Wildman–Crippen LogP) is -1.47. The Morgan fingerprint density at radius 1 is 1.14 bits per heavy atom. The van der Waals surface area contributed by atoms with Crippen molar-refractivity contribution in [1.29, 1.82) is 0 Å². The van der Waals surface area contributed by atoms with Crippen LogP contribution in [0.4, 0.5) is 0 Å². The first kappa shape index (κ1) is 23.3. The Morgan fingerprint density at radius 2 is 1.79 bits per heavy atom. The van der Waals surface area contributed by atoms with Gasteiger partial charge >= 0.3 is 29.2 Å². The molecule has 1 aromatic heterocycles. The van der Waals surface area contributed by atoms with E-state index in [1.807, 2.05) is 4.98 Å².